The second-order valence-electron chi connectivity index (χ2n) is 5.60. The molecule has 0 heterocycles. The van der Waals surface area contributed by atoms with Crippen LogP contribution in [0.15, 0.2) is 34.8 Å². The lowest BCUT2D eigenvalue weighted by atomic mass is 9.95. The van der Waals surface area contributed by atoms with Gasteiger partial charge in [-0.25, -0.2) is 0 Å². The van der Waals surface area contributed by atoms with Crippen molar-refractivity contribution < 1.29 is 9.53 Å². The Morgan fingerprint density at radius 2 is 2.00 bits per heavy atom. The van der Waals surface area contributed by atoms with E-state index in [2.05, 4.69) is 22.0 Å². The quantitative estimate of drug-likeness (QED) is 0.499. The minimum Gasteiger partial charge on any atom is -0.423 e. The van der Waals surface area contributed by atoms with E-state index in [-0.39, 0.29) is 23.3 Å². The van der Waals surface area contributed by atoms with Gasteiger partial charge in [0.2, 0.25) is 0 Å². The Morgan fingerprint density at radius 1 is 1.35 bits per heavy atom. The molecule has 23 heavy (non-hydrogen) atoms. The third-order valence-corrected chi connectivity index (χ3v) is 4.73. The van der Waals surface area contributed by atoms with Crippen molar-refractivity contribution in [1.82, 2.24) is 0 Å². The molecule has 0 unspecified atom stereocenters. The summed E-state index contributed by atoms with van der Waals surface area (Å²) in [6, 6.07) is 11.8. The van der Waals surface area contributed by atoms with Crippen LogP contribution in [-0.4, -0.2) is 5.97 Å². The molecule has 116 valence electrons. The number of nitrogens with zero attached hydrogens (tertiary/aromatic N) is 1. The maximum Gasteiger partial charge on any atom is 0.314 e. The molecule has 2 aromatic rings. The van der Waals surface area contributed by atoms with Gasteiger partial charge in [-0.05, 0) is 46.8 Å². The van der Waals surface area contributed by atoms with Crippen LogP contribution in [0, 0.1) is 24.2 Å². The topological polar surface area (TPSA) is 76.1 Å². The number of carbonyl (C=O) groups excluding carboxylic acids is 1. The van der Waals surface area contributed by atoms with E-state index >= 15 is 0 Å². The number of esters is 1. The van der Waals surface area contributed by atoms with Crippen LogP contribution in [-0.2, 0) is 4.79 Å². The van der Waals surface area contributed by atoms with Crippen LogP contribution < -0.4 is 10.5 Å². The second kappa shape index (κ2) is 6.05. The predicted octanol–water partition coefficient (Wildman–Crippen LogP) is 4.19. The summed E-state index contributed by atoms with van der Waals surface area (Å²) in [4.78, 5) is 12.0. The summed E-state index contributed by atoms with van der Waals surface area (Å²) in [7, 11) is 0. The summed E-state index contributed by atoms with van der Waals surface area (Å²) < 4.78 is 6.10. The highest BCUT2D eigenvalue weighted by atomic mass is 79.9. The van der Waals surface area contributed by atoms with Crippen LogP contribution in [0.1, 0.15) is 24.0 Å². The van der Waals surface area contributed by atoms with Gasteiger partial charge in [-0.2, -0.15) is 5.26 Å². The Morgan fingerprint density at radius 3 is 2.57 bits per heavy atom. The van der Waals surface area contributed by atoms with E-state index in [4.69, 9.17) is 10.5 Å². The lowest BCUT2D eigenvalue weighted by Crippen LogP contribution is -2.13. The zero-order valence-corrected chi connectivity index (χ0v) is 14.2. The van der Waals surface area contributed by atoms with Gasteiger partial charge in [-0.3, -0.25) is 4.79 Å². The molecule has 1 fully saturated rings. The van der Waals surface area contributed by atoms with E-state index in [9.17, 15) is 10.1 Å². The summed E-state index contributed by atoms with van der Waals surface area (Å²) in [6.45, 7) is 1.84. The number of nitrogens with two attached hydrogens (primary N) is 1. The molecule has 0 aromatic heterocycles. The minimum atomic E-state index is -0.288. The van der Waals surface area contributed by atoms with Crippen molar-refractivity contribution in [2.24, 2.45) is 5.92 Å². The molecule has 0 amide bonds. The van der Waals surface area contributed by atoms with Gasteiger partial charge in [0.25, 0.3) is 0 Å². The zero-order valence-electron chi connectivity index (χ0n) is 12.6. The highest BCUT2D eigenvalue weighted by Gasteiger charge is 2.33. The van der Waals surface area contributed by atoms with Crippen molar-refractivity contribution in [3.05, 3.63) is 45.9 Å². The first-order chi connectivity index (χ1) is 11.0. The molecule has 1 aliphatic carbocycles. The Balaban J connectivity index is 2.19. The van der Waals surface area contributed by atoms with Crippen molar-refractivity contribution in [3.8, 4) is 22.9 Å². The van der Waals surface area contributed by atoms with E-state index in [1.165, 1.54) is 0 Å². The average molecular weight is 371 g/mol. The monoisotopic (exact) mass is 370 g/mol. The maximum atomic E-state index is 12.0. The Hall–Kier alpha value is -2.32. The molecule has 0 atom stereocenters. The lowest BCUT2D eigenvalue weighted by Gasteiger charge is -2.17. The number of nitrogen functional groups attached to an aromatic ring is 1. The number of ether oxygens (including phenoxy) is 1. The molecule has 1 saturated carbocycles. The highest BCUT2D eigenvalue weighted by Crippen LogP contribution is 2.45. The second-order valence-corrected chi connectivity index (χ2v) is 6.40. The molecule has 0 bridgehead atoms. The number of rotatable bonds is 3. The molecule has 2 aromatic carbocycles. The van der Waals surface area contributed by atoms with Crippen molar-refractivity contribution >= 4 is 27.6 Å². The minimum absolute atomic E-state index is 0.0479. The number of anilines is 1. The first-order valence-electron chi connectivity index (χ1n) is 7.33. The molecular formula is C18H15BrN2O2. The predicted molar refractivity (Wildman–Crippen MR) is 91.8 cm³/mol. The van der Waals surface area contributed by atoms with Gasteiger partial charge >= 0.3 is 5.97 Å². The molecule has 3 rings (SSSR count). The van der Waals surface area contributed by atoms with Crippen LogP contribution in [0.2, 0.25) is 0 Å². The molecule has 0 saturated heterocycles. The molecule has 0 aliphatic heterocycles. The van der Waals surface area contributed by atoms with Crippen LogP contribution in [0.3, 0.4) is 0 Å². The SMILES string of the molecule is Cc1c(C#N)c(N)c(OC(=O)C2CC2)c(Br)c1-c1ccccc1. The van der Waals surface area contributed by atoms with E-state index in [1.807, 2.05) is 37.3 Å². The lowest BCUT2D eigenvalue weighted by molar-refractivity contribution is -0.135. The summed E-state index contributed by atoms with van der Waals surface area (Å²) in [5.74, 6) is -0.0969. The largest absolute Gasteiger partial charge is 0.423 e. The Labute approximate surface area is 143 Å². The molecule has 5 heteroatoms. The van der Waals surface area contributed by atoms with E-state index in [0.29, 0.717) is 10.0 Å². The Kier molecular flexibility index (Phi) is 4.10. The van der Waals surface area contributed by atoms with Crippen molar-refractivity contribution in [3.63, 3.8) is 0 Å². The number of hydrogen-bond donors (Lipinski definition) is 1. The van der Waals surface area contributed by atoms with Crippen molar-refractivity contribution in [2.45, 2.75) is 19.8 Å². The summed E-state index contributed by atoms with van der Waals surface area (Å²) in [5, 5.41) is 9.46. The van der Waals surface area contributed by atoms with Crippen LogP contribution in [0.5, 0.6) is 5.75 Å². The molecule has 0 spiro atoms. The first kappa shape index (κ1) is 15.6. The Bertz CT molecular complexity index is 821. The van der Waals surface area contributed by atoms with Crippen molar-refractivity contribution in [2.75, 3.05) is 5.73 Å². The standard InChI is InChI=1S/C18H15BrN2O2/c1-10-13(9-20)16(21)17(23-18(22)12-7-8-12)15(19)14(10)11-5-3-2-4-6-11/h2-6,12H,7-8,21H2,1H3. The summed E-state index contributed by atoms with van der Waals surface area (Å²) in [5.41, 5.74) is 9.12. The molecule has 0 radical (unpaired) electrons. The number of nitriles is 1. The molecular weight excluding hydrogens is 356 g/mol. The molecule has 1 aliphatic rings. The van der Waals surface area contributed by atoms with E-state index in [0.717, 1.165) is 29.5 Å². The fourth-order valence-corrected chi connectivity index (χ4v) is 3.35. The molecule has 4 nitrogen and oxygen atoms in total. The number of halogens is 1. The summed E-state index contributed by atoms with van der Waals surface area (Å²) in [6.07, 6.45) is 1.69. The van der Waals surface area contributed by atoms with Gasteiger partial charge < -0.3 is 10.5 Å². The summed E-state index contributed by atoms with van der Waals surface area (Å²) >= 11 is 3.51. The number of benzene rings is 2. The average Bonchev–Trinajstić information content (AvgIpc) is 3.38. The highest BCUT2D eigenvalue weighted by molar-refractivity contribution is 9.10. The number of carbonyl (C=O) groups is 1. The van der Waals surface area contributed by atoms with Gasteiger partial charge in [-0.15, -0.1) is 0 Å². The van der Waals surface area contributed by atoms with Gasteiger partial charge in [-0.1, -0.05) is 30.3 Å². The fraction of sp³-hybridized carbons (Fsp3) is 0.222. The van der Waals surface area contributed by atoms with Crippen LogP contribution in [0.4, 0.5) is 5.69 Å². The normalized spacial score (nSPS) is 13.4. The molecule has 2 N–H and O–H groups in total. The smallest absolute Gasteiger partial charge is 0.314 e. The zero-order chi connectivity index (χ0) is 16.6. The third kappa shape index (κ3) is 2.82. The van der Waals surface area contributed by atoms with Crippen LogP contribution in [0.25, 0.3) is 11.1 Å². The van der Waals surface area contributed by atoms with Gasteiger partial charge in [0.15, 0.2) is 5.75 Å². The van der Waals surface area contributed by atoms with Gasteiger partial charge in [0.1, 0.15) is 6.07 Å². The van der Waals surface area contributed by atoms with E-state index in [1.54, 1.807) is 0 Å². The van der Waals surface area contributed by atoms with Gasteiger partial charge in [0, 0.05) is 5.56 Å². The van der Waals surface area contributed by atoms with Crippen molar-refractivity contribution in [1.29, 1.82) is 5.26 Å². The fourth-order valence-electron chi connectivity index (χ4n) is 2.53. The third-order valence-electron chi connectivity index (χ3n) is 3.97. The first-order valence-corrected chi connectivity index (χ1v) is 8.12. The van der Waals surface area contributed by atoms with Crippen LogP contribution >= 0.6 is 15.9 Å². The van der Waals surface area contributed by atoms with Gasteiger partial charge in [0.05, 0.1) is 21.6 Å². The van der Waals surface area contributed by atoms with E-state index < -0.39 is 0 Å². The number of hydrogen-bond acceptors (Lipinski definition) is 4. The maximum absolute atomic E-state index is 12.0.